The van der Waals surface area contributed by atoms with Crippen LogP contribution < -0.4 is 15.4 Å². The Morgan fingerprint density at radius 2 is 1.68 bits per heavy atom. The predicted molar refractivity (Wildman–Crippen MR) is 116 cm³/mol. The van der Waals surface area contributed by atoms with Crippen molar-refractivity contribution in [1.82, 2.24) is 5.32 Å². The Morgan fingerprint density at radius 1 is 1.00 bits per heavy atom. The van der Waals surface area contributed by atoms with E-state index in [9.17, 15) is 4.79 Å². The number of hydrogen-bond donors (Lipinski definition) is 2. The van der Waals surface area contributed by atoms with Gasteiger partial charge in [-0.2, -0.15) is 0 Å². The maximum Gasteiger partial charge on any atom is 0.238 e. The van der Waals surface area contributed by atoms with Gasteiger partial charge < -0.3 is 10.1 Å². The summed E-state index contributed by atoms with van der Waals surface area (Å²) in [6.45, 7) is 4.60. The summed E-state index contributed by atoms with van der Waals surface area (Å²) in [5.74, 6) is 1.18. The Labute approximate surface area is 170 Å². The molecule has 1 aromatic heterocycles. The van der Waals surface area contributed by atoms with E-state index in [4.69, 9.17) is 4.74 Å². The number of hydrogen-bond acceptors (Lipinski definition) is 4. The Hall–Kier alpha value is -2.63. The lowest BCUT2D eigenvalue weighted by atomic mass is 9.98. The van der Waals surface area contributed by atoms with E-state index < -0.39 is 0 Å². The molecule has 0 aliphatic rings. The SMILES string of the molecule is COc1ccc(NC(=O)CN[C@H](c2ccc(C(C)C)cc2)c2cccs2)cc1. The van der Waals surface area contributed by atoms with Crippen LogP contribution in [0.25, 0.3) is 0 Å². The number of rotatable bonds is 8. The molecule has 5 heteroatoms. The van der Waals surface area contributed by atoms with Crippen LogP contribution in [0.5, 0.6) is 5.75 Å². The molecule has 1 amide bonds. The largest absolute Gasteiger partial charge is 0.497 e. The molecule has 2 aromatic carbocycles. The minimum Gasteiger partial charge on any atom is -0.497 e. The zero-order valence-corrected chi connectivity index (χ0v) is 17.3. The standard InChI is InChI=1S/C23H26N2O2S/c1-16(2)17-6-8-18(9-7-17)23(21-5-4-14-28-21)24-15-22(26)25-19-10-12-20(27-3)13-11-19/h4-14,16,23-24H,15H2,1-3H3,(H,25,26)/t23-/m1/s1. The lowest BCUT2D eigenvalue weighted by molar-refractivity contribution is -0.115. The van der Waals surface area contributed by atoms with Gasteiger partial charge in [0, 0.05) is 10.6 Å². The van der Waals surface area contributed by atoms with Crippen molar-refractivity contribution in [3.63, 3.8) is 0 Å². The smallest absolute Gasteiger partial charge is 0.238 e. The third-order valence-corrected chi connectivity index (χ3v) is 5.54. The number of nitrogens with one attached hydrogen (secondary N) is 2. The van der Waals surface area contributed by atoms with Gasteiger partial charge in [-0.1, -0.05) is 44.2 Å². The van der Waals surface area contributed by atoms with Crippen LogP contribution in [0, 0.1) is 0 Å². The second kappa shape index (κ2) is 9.53. The summed E-state index contributed by atoms with van der Waals surface area (Å²) < 4.78 is 5.14. The topological polar surface area (TPSA) is 50.4 Å². The first-order valence-corrected chi connectivity index (χ1v) is 10.3. The van der Waals surface area contributed by atoms with Gasteiger partial charge in [-0.05, 0) is 52.8 Å². The Kier molecular flexibility index (Phi) is 6.85. The molecular formula is C23H26N2O2S. The molecule has 2 N–H and O–H groups in total. The molecule has 0 fully saturated rings. The number of carbonyl (C=O) groups excluding carboxylic acids is 1. The van der Waals surface area contributed by atoms with E-state index in [0.717, 1.165) is 17.0 Å². The first-order valence-electron chi connectivity index (χ1n) is 9.37. The van der Waals surface area contributed by atoms with Crippen LogP contribution in [0.3, 0.4) is 0 Å². The van der Waals surface area contributed by atoms with Crippen molar-refractivity contribution in [1.29, 1.82) is 0 Å². The molecule has 0 aliphatic carbocycles. The predicted octanol–water partition coefficient (Wildman–Crippen LogP) is 5.20. The Balaban J connectivity index is 1.67. The van der Waals surface area contributed by atoms with E-state index in [1.54, 1.807) is 18.4 Å². The number of benzene rings is 2. The average molecular weight is 395 g/mol. The molecule has 3 rings (SSSR count). The van der Waals surface area contributed by atoms with E-state index in [-0.39, 0.29) is 18.5 Å². The first kappa shape index (κ1) is 20.1. The van der Waals surface area contributed by atoms with Crippen LogP contribution in [-0.2, 0) is 4.79 Å². The van der Waals surface area contributed by atoms with Crippen molar-refractivity contribution < 1.29 is 9.53 Å². The molecular weight excluding hydrogens is 368 g/mol. The van der Waals surface area contributed by atoms with Crippen LogP contribution in [0.2, 0.25) is 0 Å². The number of carbonyl (C=O) groups is 1. The molecule has 0 saturated carbocycles. The highest BCUT2D eigenvalue weighted by atomic mass is 32.1. The van der Waals surface area contributed by atoms with Crippen molar-refractivity contribution in [3.8, 4) is 5.75 Å². The molecule has 4 nitrogen and oxygen atoms in total. The number of amides is 1. The number of ether oxygens (including phenoxy) is 1. The third-order valence-electron chi connectivity index (χ3n) is 4.60. The summed E-state index contributed by atoms with van der Waals surface area (Å²) in [5.41, 5.74) is 3.22. The zero-order valence-electron chi connectivity index (χ0n) is 16.4. The highest BCUT2D eigenvalue weighted by Crippen LogP contribution is 2.27. The molecule has 0 unspecified atom stereocenters. The highest BCUT2D eigenvalue weighted by Gasteiger charge is 2.16. The summed E-state index contributed by atoms with van der Waals surface area (Å²) in [4.78, 5) is 13.6. The first-order chi connectivity index (χ1) is 13.6. The van der Waals surface area contributed by atoms with E-state index in [0.29, 0.717) is 5.92 Å². The molecule has 0 radical (unpaired) electrons. The lowest BCUT2D eigenvalue weighted by Gasteiger charge is -2.19. The molecule has 0 aliphatic heterocycles. The normalized spacial score (nSPS) is 12.0. The van der Waals surface area contributed by atoms with Crippen LogP contribution in [0.15, 0.2) is 66.0 Å². The summed E-state index contributed by atoms with van der Waals surface area (Å²) in [6, 6.07) is 20.1. The third kappa shape index (κ3) is 5.21. The maximum atomic E-state index is 12.4. The van der Waals surface area contributed by atoms with Gasteiger partial charge in [0.15, 0.2) is 0 Å². The fourth-order valence-electron chi connectivity index (χ4n) is 2.99. The van der Waals surface area contributed by atoms with E-state index in [1.807, 2.05) is 30.3 Å². The molecule has 3 aromatic rings. The molecule has 1 atom stereocenters. The van der Waals surface area contributed by atoms with Gasteiger partial charge in [0.25, 0.3) is 0 Å². The van der Waals surface area contributed by atoms with Gasteiger partial charge in [-0.3, -0.25) is 10.1 Å². The summed E-state index contributed by atoms with van der Waals surface area (Å²) in [5, 5.41) is 8.38. The van der Waals surface area contributed by atoms with Gasteiger partial charge in [0.2, 0.25) is 5.91 Å². The minimum absolute atomic E-state index is 0.0113. The van der Waals surface area contributed by atoms with E-state index in [2.05, 4.69) is 60.2 Å². The number of thiophene rings is 1. The van der Waals surface area contributed by atoms with Crippen LogP contribution in [0.1, 0.15) is 41.8 Å². The summed E-state index contributed by atoms with van der Waals surface area (Å²) >= 11 is 1.69. The number of anilines is 1. The zero-order chi connectivity index (χ0) is 19.9. The minimum atomic E-state index is -0.0782. The quantitative estimate of drug-likeness (QED) is 0.552. The van der Waals surface area contributed by atoms with Crippen molar-refractivity contribution >= 4 is 22.9 Å². The lowest BCUT2D eigenvalue weighted by Crippen LogP contribution is -2.31. The number of methoxy groups -OCH3 is 1. The second-order valence-corrected chi connectivity index (χ2v) is 7.91. The molecule has 1 heterocycles. The van der Waals surface area contributed by atoms with Gasteiger partial charge in [0.1, 0.15) is 5.75 Å². The Morgan fingerprint density at radius 3 is 2.25 bits per heavy atom. The highest BCUT2D eigenvalue weighted by molar-refractivity contribution is 7.10. The molecule has 0 bridgehead atoms. The average Bonchev–Trinajstić information content (AvgIpc) is 3.23. The molecule has 146 valence electrons. The van der Waals surface area contributed by atoms with E-state index in [1.165, 1.54) is 10.4 Å². The van der Waals surface area contributed by atoms with Gasteiger partial charge in [-0.25, -0.2) is 0 Å². The van der Waals surface area contributed by atoms with Gasteiger partial charge in [0.05, 0.1) is 19.7 Å². The van der Waals surface area contributed by atoms with Gasteiger partial charge in [-0.15, -0.1) is 11.3 Å². The maximum absolute atomic E-state index is 12.4. The van der Waals surface area contributed by atoms with Crippen LogP contribution in [0.4, 0.5) is 5.69 Å². The van der Waals surface area contributed by atoms with E-state index >= 15 is 0 Å². The fourth-order valence-corrected chi connectivity index (χ4v) is 3.81. The molecule has 0 saturated heterocycles. The second-order valence-electron chi connectivity index (χ2n) is 6.93. The van der Waals surface area contributed by atoms with Crippen molar-refractivity contribution in [3.05, 3.63) is 82.0 Å². The van der Waals surface area contributed by atoms with Crippen molar-refractivity contribution in [2.75, 3.05) is 19.0 Å². The summed E-state index contributed by atoms with van der Waals surface area (Å²) in [6.07, 6.45) is 0. The Bertz CT molecular complexity index is 872. The van der Waals surface area contributed by atoms with Crippen LogP contribution in [-0.4, -0.2) is 19.6 Å². The van der Waals surface area contributed by atoms with Crippen LogP contribution >= 0.6 is 11.3 Å². The monoisotopic (exact) mass is 394 g/mol. The fraction of sp³-hybridized carbons (Fsp3) is 0.261. The molecule has 28 heavy (non-hydrogen) atoms. The summed E-state index contributed by atoms with van der Waals surface area (Å²) in [7, 11) is 1.62. The van der Waals surface area contributed by atoms with Gasteiger partial charge >= 0.3 is 0 Å². The molecule has 0 spiro atoms. The van der Waals surface area contributed by atoms with Crippen molar-refractivity contribution in [2.24, 2.45) is 0 Å². The van der Waals surface area contributed by atoms with Crippen molar-refractivity contribution in [2.45, 2.75) is 25.8 Å².